The number of carbonyl (C=O) groups is 1. The number of imidazole rings is 1. The van der Waals surface area contributed by atoms with Gasteiger partial charge < -0.3 is 5.32 Å². The summed E-state index contributed by atoms with van der Waals surface area (Å²) >= 11 is 6.20. The largest absolute Gasteiger partial charge is 0.321 e. The molecule has 1 unspecified atom stereocenters. The lowest BCUT2D eigenvalue weighted by atomic mass is 9.72. The fourth-order valence-corrected chi connectivity index (χ4v) is 5.37. The minimum absolute atomic E-state index is 0.154. The molecular formula is C29H35N3OS2. The van der Waals surface area contributed by atoms with Gasteiger partial charge in [-0.15, -0.1) is 12.6 Å². The van der Waals surface area contributed by atoms with E-state index >= 15 is 0 Å². The Morgan fingerprint density at radius 1 is 1.23 bits per heavy atom. The summed E-state index contributed by atoms with van der Waals surface area (Å²) in [5.41, 5.74) is 5.74. The highest BCUT2D eigenvalue weighted by Gasteiger charge is 2.32. The fourth-order valence-electron chi connectivity index (χ4n) is 4.12. The molecular weight excluding hydrogens is 470 g/mol. The summed E-state index contributed by atoms with van der Waals surface area (Å²) in [5, 5.41) is 3.32. The number of rotatable bonds is 8. The van der Waals surface area contributed by atoms with E-state index in [-0.39, 0.29) is 11.3 Å². The molecule has 0 radical (unpaired) electrons. The van der Waals surface area contributed by atoms with Gasteiger partial charge in [-0.2, -0.15) is 0 Å². The first-order valence-corrected chi connectivity index (χ1v) is 13.1. The number of allylic oxidation sites excluding steroid dienone is 8. The maximum atomic E-state index is 12.3. The zero-order valence-electron chi connectivity index (χ0n) is 21.2. The molecule has 0 bridgehead atoms. The number of nitrogens with zero attached hydrogens (tertiary/aromatic N) is 2. The first-order valence-electron chi connectivity index (χ1n) is 11.8. The molecule has 6 heteroatoms. The molecule has 0 spiro atoms. The first kappa shape index (κ1) is 26.9. The van der Waals surface area contributed by atoms with E-state index in [1.807, 2.05) is 74.0 Å². The van der Waals surface area contributed by atoms with Crippen molar-refractivity contribution in [3.63, 3.8) is 0 Å². The summed E-state index contributed by atoms with van der Waals surface area (Å²) in [5.74, 6) is -0.167. The van der Waals surface area contributed by atoms with Crippen molar-refractivity contribution in [1.29, 1.82) is 0 Å². The Labute approximate surface area is 219 Å². The van der Waals surface area contributed by atoms with Gasteiger partial charge >= 0.3 is 0 Å². The van der Waals surface area contributed by atoms with Crippen molar-refractivity contribution in [1.82, 2.24) is 8.96 Å². The minimum Gasteiger partial charge on any atom is -0.321 e. The number of nitrogens with one attached hydrogen (secondary N) is 1. The predicted octanol–water partition coefficient (Wildman–Crippen LogP) is 7.82. The van der Waals surface area contributed by atoms with Crippen molar-refractivity contribution >= 4 is 36.2 Å². The molecule has 0 saturated heterocycles. The van der Waals surface area contributed by atoms with Gasteiger partial charge in [-0.3, -0.25) is 8.77 Å². The number of hydrogen-bond acceptors (Lipinski definition) is 4. The maximum Gasteiger partial charge on any atom is 0.248 e. The normalized spacial score (nSPS) is 19.1. The molecule has 0 aliphatic heterocycles. The zero-order valence-corrected chi connectivity index (χ0v) is 22.9. The third-order valence-corrected chi connectivity index (χ3v) is 7.84. The van der Waals surface area contributed by atoms with Crippen molar-refractivity contribution < 1.29 is 4.79 Å². The molecule has 1 N–H and O–H groups in total. The van der Waals surface area contributed by atoms with E-state index in [2.05, 4.69) is 72.8 Å². The molecule has 1 heterocycles. The summed E-state index contributed by atoms with van der Waals surface area (Å²) < 4.78 is 2.09. The second-order valence-corrected chi connectivity index (χ2v) is 11.2. The smallest absolute Gasteiger partial charge is 0.248 e. The molecule has 2 aromatic rings. The molecule has 1 aromatic heterocycles. The lowest BCUT2D eigenvalue weighted by molar-refractivity contribution is -0.111. The number of anilines is 1. The van der Waals surface area contributed by atoms with Crippen LogP contribution in [0.15, 0.2) is 107 Å². The summed E-state index contributed by atoms with van der Waals surface area (Å²) in [6.07, 6.45) is 20.1. The van der Waals surface area contributed by atoms with Crippen LogP contribution in [-0.4, -0.2) is 20.1 Å². The zero-order chi connectivity index (χ0) is 25.4. The second-order valence-electron chi connectivity index (χ2n) is 9.53. The van der Waals surface area contributed by atoms with Crippen LogP contribution in [0.5, 0.6) is 0 Å². The van der Waals surface area contributed by atoms with E-state index in [0.717, 1.165) is 28.9 Å². The molecule has 3 rings (SSSR count). The minimum atomic E-state index is -0.167. The number of carbonyl (C=O) groups excluding carboxylic acids is 1. The molecule has 1 aliphatic rings. The van der Waals surface area contributed by atoms with Gasteiger partial charge in [0.1, 0.15) is 6.33 Å². The van der Waals surface area contributed by atoms with Crippen LogP contribution < -0.4 is 5.32 Å². The van der Waals surface area contributed by atoms with Crippen molar-refractivity contribution in [2.24, 2.45) is 5.41 Å². The van der Waals surface area contributed by atoms with Gasteiger partial charge in [-0.25, -0.2) is 4.98 Å². The highest BCUT2D eigenvalue weighted by atomic mass is 32.2. The number of aromatic nitrogens is 2. The molecule has 35 heavy (non-hydrogen) atoms. The summed E-state index contributed by atoms with van der Waals surface area (Å²) in [6.45, 7) is 10.9. The van der Waals surface area contributed by atoms with Gasteiger partial charge in [0.05, 0.1) is 5.69 Å². The van der Waals surface area contributed by atoms with E-state index in [9.17, 15) is 4.79 Å². The Morgan fingerprint density at radius 2 is 2.00 bits per heavy atom. The van der Waals surface area contributed by atoms with Crippen LogP contribution in [0.3, 0.4) is 0 Å². The van der Waals surface area contributed by atoms with Gasteiger partial charge in [0, 0.05) is 28.6 Å². The number of hydrogen-bond donors (Lipinski definition) is 2. The highest BCUT2D eigenvalue weighted by molar-refractivity contribution is 7.98. The Hall–Kier alpha value is -2.70. The van der Waals surface area contributed by atoms with Crippen molar-refractivity contribution in [2.45, 2.75) is 57.6 Å². The average Bonchev–Trinajstić information content (AvgIpc) is 3.30. The van der Waals surface area contributed by atoms with Gasteiger partial charge in [0.15, 0.2) is 0 Å². The summed E-state index contributed by atoms with van der Waals surface area (Å²) in [6, 6.07) is 7.44. The van der Waals surface area contributed by atoms with Crippen molar-refractivity contribution in [2.75, 3.05) is 5.32 Å². The van der Waals surface area contributed by atoms with E-state index in [1.165, 1.54) is 11.1 Å². The average molecular weight is 506 g/mol. The van der Waals surface area contributed by atoms with Crippen LogP contribution in [-0.2, 0) is 4.79 Å². The molecule has 0 fully saturated rings. The Morgan fingerprint density at radius 3 is 2.71 bits per heavy atom. The lowest BCUT2D eigenvalue weighted by Crippen LogP contribution is -2.26. The van der Waals surface area contributed by atoms with Gasteiger partial charge in [-0.05, 0) is 74.3 Å². The Bertz CT molecular complexity index is 1180. The van der Waals surface area contributed by atoms with Gasteiger partial charge in [0.2, 0.25) is 5.91 Å². The predicted molar refractivity (Wildman–Crippen MR) is 153 cm³/mol. The SMILES string of the molecule is CC1=C(/C=C/C(C)=C/C=C/C(C)=C/C(=O)Nc2ccccc2S)C(C)(C)CCC1Sn1ccnc1. The van der Waals surface area contributed by atoms with Gasteiger partial charge in [0.25, 0.3) is 0 Å². The molecule has 1 atom stereocenters. The summed E-state index contributed by atoms with van der Waals surface area (Å²) in [7, 11) is 0. The van der Waals surface area contributed by atoms with Crippen LogP contribution in [0.2, 0.25) is 0 Å². The number of para-hydroxylation sites is 1. The van der Waals surface area contributed by atoms with E-state index < -0.39 is 0 Å². The highest BCUT2D eigenvalue weighted by Crippen LogP contribution is 2.44. The monoisotopic (exact) mass is 505 g/mol. The second kappa shape index (κ2) is 12.3. The third kappa shape index (κ3) is 7.91. The van der Waals surface area contributed by atoms with Crippen LogP contribution in [0.25, 0.3) is 0 Å². The van der Waals surface area contributed by atoms with Crippen LogP contribution >= 0.6 is 24.6 Å². The maximum absolute atomic E-state index is 12.3. The van der Waals surface area contributed by atoms with E-state index in [0.29, 0.717) is 10.9 Å². The molecule has 184 valence electrons. The van der Waals surface area contributed by atoms with Crippen LogP contribution in [0.1, 0.15) is 47.5 Å². The number of benzene rings is 1. The standard InChI is InChI=1S/C29H35N3OS2/c1-21(9-8-10-22(2)19-28(33)31-25-11-6-7-12-26(25)34)13-14-24-23(3)27(15-16-29(24,4)5)35-32-18-17-30-20-32/h6-14,17-20,27,34H,15-16H2,1-5H3,(H,31,33)/b10-8+,14-13+,21-9+,22-19+. The number of thiol groups is 1. The Balaban J connectivity index is 1.64. The first-order chi connectivity index (χ1) is 16.7. The fraction of sp³-hybridized carbons (Fsp3) is 0.310. The Kier molecular flexibility index (Phi) is 9.47. The number of amides is 1. The molecule has 1 aliphatic carbocycles. The van der Waals surface area contributed by atoms with E-state index in [1.54, 1.807) is 6.08 Å². The lowest BCUT2D eigenvalue weighted by Gasteiger charge is -2.37. The van der Waals surface area contributed by atoms with Crippen LogP contribution in [0, 0.1) is 5.41 Å². The van der Waals surface area contributed by atoms with Crippen LogP contribution in [0.4, 0.5) is 5.69 Å². The third-order valence-electron chi connectivity index (χ3n) is 6.15. The summed E-state index contributed by atoms with van der Waals surface area (Å²) in [4.78, 5) is 17.2. The molecule has 1 amide bonds. The molecule has 4 nitrogen and oxygen atoms in total. The topological polar surface area (TPSA) is 46.9 Å². The van der Waals surface area contributed by atoms with Crippen molar-refractivity contribution in [3.05, 3.63) is 102 Å². The molecule has 0 saturated carbocycles. The van der Waals surface area contributed by atoms with E-state index in [4.69, 9.17) is 0 Å². The van der Waals surface area contributed by atoms with Crippen molar-refractivity contribution in [3.8, 4) is 0 Å². The van der Waals surface area contributed by atoms with Gasteiger partial charge in [-0.1, -0.05) is 67.5 Å². The molecule has 1 aromatic carbocycles. The quantitative estimate of drug-likeness (QED) is 0.218.